The molecule has 1 aliphatic rings. The lowest BCUT2D eigenvalue weighted by Crippen LogP contribution is -2.43. The van der Waals surface area contributed by atoms with E-state index in [1.165, 1.54) is 24.0 Å². The number of hydrogen-bond donors (Lipinski definition) is 1. The molecule has 1 saturated heterocycles. The number of aliphatic hydroxyl groups excluding tert-OH is 1. The van der Waals surface area contributed by atoms with E-state index in [-0.39, 0.29) is 6.61 Å². The number of benzene rings is 1. The zero-order valence-corrected chi connectivity index (χ0v) is 12.1. The van der Waals surface area contributed by atoms with Crippen molar-refractivity contribution in [1.29, 1.82) is 0 Å². The van der Waals surface area contributed by atoms with Gasteiger partial charge in [0.2, 0.25) is 0 Å². The Morgan fingerprint density at radius 3 is 2.95 bits per heavy atom. The van der Waals surface area contributed by atoms with Gasteiger partial charge in [0.1, 0.15) is 12.4 Å². The molecule has 1 fully saturated rings. The van der Waals surface area contributed by atoms with Crippen molar-refractivity contribution in [3.05, 3.63) is 29.3 Å². The molecule has 1 aromatic rings. The third-order valence-corrected chi connectivity index (χ3v) is 3.94. The molecule has 1 aliphatic heterocycles. The van der Waals surface area contributed by atoms with E-state index in [0.717, 1.165) is 25.3 Å². The minimum absolute atomic E-state index is 0.267. The van der Waals surface area contributed by atoms with Gasteiger partial charge in [-0.1, -0.05) is 18.6 Å². The number of aryl methyl sites for hydroxylation is 2. The third kappa shape index (κ3) is 3.95. The summed E-state index contributed by atoms with van der Waals surface area (Å²) in [6, 6.07) is 6.63. The molecule has 106 valence electrons. The summed E-state index contributed by atoms with van der Waals surface area (Å²) in [7, 11) is 0. The number of rotatable bonds is 5. The molecule has 2 rings (SSSR count). The Hall–Kier alpha value is -1.06. The summed E-state index contributed by atoms with van der Waals surface area (Å²) < 4.78 is 5.89. The average molecular weight is 263 g/mol. The molecule has 0 aromatic heterocycles. The fourth-order valence-corrected chi connectivity index (χ4v) is 2.70. The molecular weight excluding hydrogens is 238 g/mol. The Morgan fingerprint density at radius 2 is 2.16 bits per heavy atom. The third-order valence-electron chi connectivity index (χ3n) is 3.94. The Labute approximate surface area is 116 Å². The maximum atomic E-state index is 9.38. The quantitative estimate of drug-likeness (QED) is 0.886. The fraction of sp³-hybridized carbons (Fsp3) is 0.625. The average Bonchev–Trinajstić information content (AvgIpc) is 2.43. The highest BCUT2D eigenvalue weighted by molar-refractivity contribution is 5.35. The van der Waals surface area contributed by atoms with E-state index in [1.54, 1.807) is 0 Å². The van der Waals surface area contributed by atoms with Gasteiger partial charge < -0.3 is 9.84 Å². The van der Waals surface area contributed by atoms with Crippen LogP contribution in [0.3, 0.4) is 0 Å². The number of ether oxygens (including phenoxy) is 1. The minimum atomic E-state index is 0.267. The molecule has 0 saturated carbocycles. The minimum Gasteiger partial charge on any atom is -0.492 e. The molecule has 1 atom stereocenters. The largest absolute Gasteiger partial charge is 0.492 e. The van der Waals surface area contributed by atoms with Crippen LogP contribution in [0.4, 0.5) is 0 Å². The van der Waals surface area contributed by atoms with Gasteiger partial charge in [-0.25, -0.2) is 0 Å². The summed E-state index contributed by atoms with van der Waals surface area (Å²) in [6.07, 6.45) is 3.58. The topological polar surface area (TPSA) is 32.7 Å². The van der Waals surface area contributed by atoms with Crippen LogP contribution in [-0.2, 0) is 0 Å². The van der Waals surface area contributed by atoms with Gasteiger partial charge in [0, 0.05) is 12.6 Å². The molecule has 1 N–H and O–H groups in total. The van der Waals surface area contributed by atoms with Crippen LogP contribution >= 0.6 is 0 Å². The molecule has 19 heavy (non-hydrogen) atoms. The van der Waals surface area contributed by atoms with E-state index in [2.05, 4.69) is 36.9 Å². The van der Waals surface area contributed by atoms with E-state index in [0.29, 0.717) is 12.6 Å². The smallest absolute Gasteiger partial charge is 0.122 e. The molecule has 3 heteroatoms. The van der Waals surface area contributed by atoms with Crippen LogP contribution in [-0.4, -0.2) is 42.4 Å². The van der Waals surface area contributed by atoms with E-state index >= 15 is 0 Å². The first kappa shape index (κ1) is 14.4. The molecule has 0 spiro atoms. The molecule has 1 unspecified atom stereocenters. The standard InChI is InChI=1S/C16H25NO2/c1-13-6-7-14(2)16(11-13)19-10-9-17-8-4-3-5-15(17)12-18/h6-7,11,15,18H,3-5,8-10,12H2,1-2H3. The normalized spacial score (nSPS) is 20.5. The summed E-state index contributed by atoms with van der Waals surface area (Å²) in [5, 5.41) is 9.38. The van der Waals surface area contributed by atoms with Crippen molar-refractivity contribution in [1.82, 2.24) is 4.90 Å². The van der Waals surface area contributed by atoms with Gasteiger partial charge in [0.15, 0.2) is 0 Å². The van der Waals surface area contributed by atoms with Gasteiger partial charge >= 0.3 is 0 Å². The Morgan fingerprint density at radius 1 is 1.32 bits per heavy atom. The Bertz CT molecular complexity index is 406. The van der Waals surface area contributed by atoms with Crippen LogP contribution in [0.25, 0.3) is 0 Å². The van der Waals surface area contributed by atoms with Gasteiger partial charge in [0.05, 0.1) is 6.61 Å². The fourth-order valence-electron chi connectivity index (χ4n) is 2.70. The lowest BCUT2D eigenvalue weighted by Gasteiger charge is -2.34. The first-order valence-corrected chi connectivity index (χ1v) is 7.25. The maximum Gasteiger partial charge on any atom is 0.122 e. The summed E-state index contributed by atoms with van der Waals surface area (Å²) in [4.78, 5) is 2.36. The van der Waals surface area contributed by atoms with Crippen LogP contribution in [0, 0.1) is 13.8 Å². The van der Waals surface area contributed by atoms with Crippen molar-refractivity contribution in [2.75, 3.05) is 26.3 Å². The summed E-state index contributed by atoms with van der Waals surface area (Å²) in [6.45, 7) is 7.11. The number of likely N-dealkylation sites (tertiary alicyclic amines) is 1. The van der Waals surface area contributed by atoms with E-state index in [9.17, 15) is 5.11 Å². The first-order valence-electron chi connectivity index (χ1n) is 7.25. The molecule has 0 bridgehead atoms. The van der Waals surface area contributed by atoms with Gasteiger partial charge in [-0.05, 0) is 50.4 Å². The van der Waals surface area contributed by atoms with Crippen LogP contribution in [0.1, 0.15) is 30.4 Å². The maximum absolute atomic E-state index is 9.38. The highest BCUT2D eigenvalue weighted by Crippen LogP contribution is 2.20. The summed E-state index contributed by atoms with van der Waals surface area (Å²) in [5.41, 5.74) is 2.41. The number of nitrogens with zero attached hydrogens (tertiary/aromatic N) is 1. The molecule has 0 aliphatic carbocycles. The van der Waals surface area contributed by atoms with Gasteiger partial charge in [-0.3, -0.25) is 4.90 Å². The van der Waals surface area contributed by atoms with Gasteiger partial charge in [-0.15, -0.1) is 0 Å². The molecule has 1 aromatic carbocycles. The Balaban J connectivity index is 1.83. The highest BCUT2D eigenvalue weighted by atomic mass is 16.5. The van der Waals surface area contributed by atoms with Crippen LogP contribution in [0.2, 0.25) is 0 Å². The number of hydrogen-bond acceptors (Lipinski definition) is 3. The SMILES string of the molecule is Cc1ccc(C)c(OCCN2CCCCC2CO)c1. The molecule has 0 radical (unpaired) electrons. The summed E-state index contributed by atoms with van der Waals surface area (Å²) in [5.74, 6) is 0.984. The van der Waals surface area contributed by atoms with E-state index < -0.39 is 0 Å². The van der Waals surface area contributed by atoms with Gasteiger partial charge in [0.25, 0.3) is 0 Å². The number of piperidine rings is 1. The molecule has 3 nitrogen and oxygen atoms in total. The van der Waals surface area contributed by atoms with Crippen molar-refractivity contribution in [3.8, 4) is 5.75 Å². The Kier molecular flexibility index (Phi) is 5.23. The van der Waals surface area contributed by atoms with E-state index in [1.807, 2.05) is 0 Å². The second kappa shape index (κ2) is 6.92. The number of aliphatic hydroxyl groups is 1. The van der Waals surface area contributed by atoms with Gasteiger partial charge in [-0.2, -0.15) is 0 Å². The van der Waals surface area contributed by atoms with Crippen LogP contribution in [0.15, 0.2) is 18.2 Å². The monoisotopic (exact) mass is 263 g/mol. The highest BCUT2D eigenvalue weighted by Gasteiger charge is 2.21. The van der Waals surface area contributed by atoms with Crippen molar-refractivity contribution in [2.24, 2.45) is 0 Å². The molecule has 0 amide bonds. The van der Waals surface area contributed by atoms with Crippen molar-refractivity contribution >= 4 is 0 Å². The zero-order chi connectivity index (χ0) is 13.7. The predicted octanol–water partition coefficient (Wildman–Crippen LogP) is 2.53. The molecular formula is C16H25NO2. The second-order valence-corrected chi connectivity index (χ2v) is 5.49. The second-order valence-electron chi connectivity index (χ2n) is 5.49. The molecule has 1 heterocycles. The lowest BCUT2D eigenvalue weighted by molar-refractivity contribution is 0.0772. The first-order chi connectivity index (χ1) is 9.20. The van der Waals surface area contributed by atoms with E-state index in [4.69, 9.17) is 4.74 Å². The van der Waals surface area contributed by atoms with Crippen LogP contribution < -0.4 is 4.74 Å². The summed E-state index contributed by atoms with van der Waals surface area (Å²) >= 11 is 0. The van der Waals surface area contributed by atoms with Crippen molar-refractivity contribution in [2.45, 2.75) is 39.2 Å². The van der Waals surface area contributed by atoms with Crippen molar-refractivity contribution in [3.63, 3.8) is 0 Å². The van der Waals surface area contributed by atoms with Crippen molar-refractivity contribution < 1.29 is 9.84 Å². The lowest BCUT2D eigenvalue weighted by atomic mass is 10.0. The van der Waals surface area contributed by atoms with Crippen LogP contribution in [0.5, 0.6) is 5.75 Å². The predicted molar refractivity (Wildman–Crippen MR) is 77.7 cm³/mol. The zero-order valence-electron chi connectivity index (χ0n) is 12.1.